The van der Waals surface area contributed by atoms with Crippen LogP contribution >= 0.6 is 0 Å². The molecule has 1 aliphatic rings. The molecule has 116 valence electrons. The zero-order valence-electron chi connectivity index (χ0n) is 13.0. The van der Waals surface area contributed by atoms with Crippen molar-refractivity contribution in [2.45, 2.75) is 52.2 Å². The van der Waals surface area contributed by atoms with Crippen molar-refractivity contribution in [2.75, 3.05) is 26.2 Å². The van der Waals surface area contributed by atoms with E-state index in [1.807, 2.05) is 32.6 Å². The number of hydrogen-bond acceptors (Lipinski definition) is 4. The topological polar surface area (TPSA) is 70.7 Å². The summed E-state index contributed by atoms with van der Waals surface area (Å²) in [5.41, 5.74) is -0.444. The van der Waals surface area contributed by atoms with E-state index >= 15 is 0 Å². The van der Waals surface area contributed by atoms with Gasteiger partial charge in [0.15, 0.2) is 0 Å². The molecule has 6 nitrogen and oxygen atoms in total. The molecule has 20 heavy (non-hydrogen) atoms. The first-order chi connectivity index (χ1) is 9.31. The van der Waals surface area contributed by atoms with Crippen LogP contribution < -0.4 is 10.6 Å². The van der Waals surface area contributed by atoms with E-state index in [2.05, 4.69) is 10.6 Å². The first-order valence-electron chi connectivity index (χ1n) is 7.30. The van der Waals surface area contributed by atoms with Gasteiger partial charge in [-0.1, -0.05) is 0 Å². The maximum Gasteiger partial charge on any atom is 0.320 e. The molecule has 0 spiro atoms. The van der Waals surface area contributed by atoms with E-state index in [4.69, 9.17) is 4.74 Å². The molecule has 0 aromatic rings. The number of ether oxygens (including phenoxy) is 1. The number of hydrogen-bond donors (Lipinski definition) is 2. The first-order valence-corrected chi connectivity index (χ1v) is 7.30. The van der Waals surface area contributed by atoms with Gasteiger partial charge in [0.2, 0.25) is 0 Å². The largest absolute Gasteiger partial charge is 0.459 e. The van der Waals surface area contributed by atoms with E-state index in [0.717, 1.165) is 25.9 Å². The Balaban J connectivity index is 2.23. The standard InChI is InChI=1S/C14H27N3O3/c1-5-15-13(19)17-8-6-11(7-9-17)16-10-12(18)20-14(2,3)4/h11,16H,5-10H2,1-4H3,(H,15,19). The zero-order valence-corrected chi connectivity index (χ0v) is 13.0. The zero-order chi connectivity index (χ0) is 15.2. The maximum atomic E-state index is 11.6. The van der Waals surface area contributed by atoms with Crippen LogP contribution in [0.4, 0.5) is 4.79 Å². The summed E-state index contributed by atoms with van der Waals surface area (Å²) in [6, 6.07) is 0.270. The number of nitrogens with one attached hydrogen (secondary N) is 2. The fourth-order valence-electron chi connectivity index (χ4n) is 2.15. The van der Waals surface area contributed by atoms with Crippen molar-refractivity contribution in [3.05, 3.63) is 0 Å². The summed E-state index contributed by atoms with van der Waals surface area (Å²) in [6.07, 6.45) is 1.72. The highest BCUT2D eigenvalue weighted by Crippen LogP contribution is 2.11. The molecule has 6 heteroatoms. The van der Waals surface area contributed by atoms with Crippen LogP contribution in [0.15, 0.2) is 0 Å². The molecule has 1 rings (SSSR count). The molecule has 0 atom stereocenters. The van der Waals surface area contributed by atoms with E-state index in [-0.39, 0.29) is 24.6 Å². The Morgan fingerprint density at radius 1 is 1.25 bits per heavy atom. The second-order valence-corrected chi connectivity index (χ2v) is 6.06. The summed E-state index contributed by atoms with van der Waals surface area (Å²) < 4.78 is 5.24. The average Bonchev–Trinajstić information content (AvgIpc) is 2.35. The highest BCUT2D eigenvalue weighted by molar-refractivity contribution is 5.74. The number of piperidine rings is 1. The lowest BCUT2D eigenvalue weighted by atomic mass is 10.1. The van der Waals surface area contributed by atoms with Gasteiger partial charge in [-0.25, -0.2) is 4.79 Å². The van der Waals surface area contributed by atoms with Crippen LogP contribution in [-0.2, 0) is 9.53 Å². The molecule has 0 aromatic carbocycles. The summed E-state index contributed by atoms with van der Waals surface area (Å²) in [7, 11) is 0. The molecule has 0 aliphatic carbocycles. The Hall–Kier alpha value is -1.30. The normalized spacial score (nSPS) is 16.9. The third-order valence-corrected chi connectivity index (χ3v) is 3.07. The van der Waals surface area contributed by atoms with E-state index in [1.54, 1.807) is 0 Å². The molecule has 1 aliphatic heterocycles. The second kappa shape index (κ2) is 7.47. The lowest BCUT2D eigenvalue weighted by Crippen LogP contribution is -2.49. The molecule has 1 fully saturated rings. The van der Waals surface area contributed by atoms with Crippen molar-refractivity contribution >= 4 is 12.0 Å². The van der Waals surface area contributed by atoms with Crippen LogP contribution in [0.1, 0.15) is 40.5 Å². The Kier molecular flexibility index (Phi) is 6.26. The summed E-state index contributed by atoms with van der Waals surface area (Å²) in [5.74, 6) is -0.233. The van der Waals surface area contributed by atoms with Gasteiger partial charge in [-0.3, -0.25) is 4.79 Å². The van der Waals surface area contributed by atoms with Crippen LogP contribution in [0.5, 0.6) is 0 Å². The second-order valence-electron chi connectivity index (χ2n) is 6.06. The number of carbonyl (C=O) groups is 2. The van der Waals surface area contributed by atoms with Crippen LogP contribution in [0, 0.1) is 0 Å². The van der Waals surface area contributed by atoms with Crippen molar-refractivity contribution in [3.8, 4) is 0 Å². The molecule has 0 saturated carbocycles. The van der Waals surface area contributed by atoms with E-state index in [1.165, 1.54) is 0 Å². The molecular formula is C14H27N3O3. The van der Waals surface area contributed by atoms with Gasteiger partial charge in [0.25, 0.3) is 0 Å². The molecule has 0 aromatic heterocycles. The van der Waals surface area contributed by atoms with Gasteiger partial charge in [0.1, 0.15) is 5.60 Å². The van der Waals surface area contributed by atoms with Crippen LogP contribution in [-0.4, -0.2) is 54.7 Å². The van der Waals surface area contributed by atoms with Gasteiger partial charge < -0.3 is 20.3 Å². The fraction of sp³-hybridized carbons (Fsp3) is 0.857. The molecule has 2 N–H and O–H groups in total. The fourth-order valence-corrected chi connectivity index (χ4v) is 2.15. The van der Waals surface area contributed by atoms with Crippen molar-refractivity contribution in [1.82, 2.24) is 15.5 Å². The van der Waals surface area contributed by atoms with Crippen LogP contribution in [0.3, 0.4) is 0 Å². The molecule has 2 amide bonds. The molecule has 0 unspecified atom stereocenters. The minimum atomic E-state index is -0.444. The minimum absolute atomic E-state index is 0.00177. The predicted molar refractivity (Wildman–Crippen MR) is 77.5 cm³/mol. The van der Waals surface area contributed by atoms with Crippen molar-refractivity contribution in [2.24, 2.45) is 0 Å². The monoisotopic (exact) mass is 285 g/mol. The number of amides is 2. The average molecular weight is 285 g/mol. The Labute approximate surface area is 121 Å². The summed E-state index contributed by atoms with van der Waals surface area (Å²) in [5, 5.41) is 6.00. The van der Waals surface area contributed by atoms with Gasteiger partial charge in [0.05, 0.1) is 6.54 Å². The van der Waals surface area contributed by atoms with Gasteiger partial charge in [-0.15, -0.1) is 0 Å². The number of rotatable bonds is 4. The van der Waals surface area contributed by atoms with Crippen molar-refractivity contribution < 1.29 is 14.3 Å². The Morgan fingerprint density at radius 3 is 2.35 bits per heavy atom. The number of carbonyl (C=O) groups excluding carboxylic acids is 2. The highest BCUT2D eigenvalue weighted by Gasteiger charge is 2.23. The Morgan fingerprint density at radius 2 is 1.85 bits per heavy atom. The van der Waals surface area contributed by atoms with Gasteiger partial charge in [-0.2, -0.15) is 0 Å². The van der Waals surface area contributed by atoms with Gasteiger partial charge in [-0.05, 0) is 40.5 Å². The third-order valence-electron chi connectivity index (χ3n) is 3.07. The molecule has 0 bridgehead atoms. The SMILES string of the molecule is CCNC(=O)N1CCC(NCC(=O)OC(C)(C)C)CC1. The minimum Gasteiger partial charge on any atom is -0.459 e. The van der Waals surface area contributed by atoms with Crippen molar-refractivity contribution in [1.29, 1.82) is 0 Å². The smallest absolute Gasteiger partial charge is 0.320 e. The predicted octanol–water partition coefficient (Wildman–Crippen LogP) is 1.11. The first kappa shape index (κ1) is 16.8. The molecule has 1 saturated heterocycles. The van der Waals surface area contributed by atoms with Crippen LogP contribution in [0.2, 0.25) is 0 Å². The van der Waals surface area contributed by atoms with E-state index in [9.17, 15) is 9.59 Å². The molecular weight excluding hydrogens is 258 g/mol. The number of likely N-dealkylation sites (tertiary alicyclic amines) is 1. The van der Waals surface area contributed by atoms with Gasteiger partial charge in [0, 0.05) is 25.7 Å². The molecule has 1 heterocycles. The Bertz CT molecular complexity index is 331. The lowest BCUT2D eigenvalue weighted by Gasteiger charge is -2.32. The maximum absolute atomic E-state index is 11.6. The van der Waals surface area contributed by atoms with E-state index in [0.29, 0.717) is 6.54 Å². The highest BCUT2D eigenvalue weighted by atomic mass is 16.6. The lowest BCUT2D eigenvalue weighted by molar-refractivity contribution is -0.153. The van der Waals surface area contributed by atoms with Gasteiger partial charge >= 0.3 is 12.0 Å². The number of esters is 1. The summed E-state index contributed by atoms with van der Waals surface area (Å²) in [4.78, 5) is 25.1. The number of nitrogens with zero attached hydrogens (tertiary/aromatic N) is 1. The third kappa shape index (κ3) is 6.23. The summed E-state index contributed by atoms with van der Waals surface area (Å²) in [6.45, 7) is 9.79. The van der Waals surface area contributed by atoms with Crippen LogP contribution in [0.25, 0.3) is 0 Å². The quantitative estimate of drug-likeness (QED) is 0.759. The van der Waals surface area contributed by atoms with Crippen molar-refractivity contribution in [3.63, 3.8) is 0 Å². The number of urea groups is 1. The summed E-state index contributed by atoms with van der Waals surface area (Å²) >= 11 is 0. The molecule has 0 radical (unpaired) electrons. The van der Waals surface area contributed by atoms with E-state index < -0.39 is 5.60 Å².